The molecule has 1 amide bonds. The number of nitrogens with one attached hydrogen (secondary N) is 1. The summed E-state index contributed by atoms with van der Waals surface area (Å²) in [5, 5.41) is 4.44. The number of esters is 2. The van der Waals surface area contributed by atoms with Crippen LogP contribution in [0.2, 0.25) is 0 Å². The number of carbonyl (C=O) groups excluding carboxylic acids is 3. The molecule has 0 spiro atoms. The number of anilines is 1. The molecular weight excluding hydrogens is 342 g/mol. The summed E-state index contributed by atoms with van der Waals surface area (Å²) in [6.07, 6.45) is 2.92. The zero-order valence-electron chi connectivity index (χ0n) is 13.8. The summed E-state index contributed by atoms with van der Waals surface area (Å²) in [5.41, 5.74) is 1.57. The van der Waals surface area contributed by atoms with Crippen LogP contribution in [0.25, 0.3) is 6.08 Å². The van der Waals surface area contributed by atoms with Gasteiger partial charge in [-0.3, -0.25) is 4.79 Å². The predicted molar refractivity (Wildman–Crippen MR) is 95.5 cm³/mol. The van der Waals surface area contributed by atoms with Gasteiger partial charge in [0.2, 0.25) is 0 Å². The molecule has 0 radical (unpaired) electrons. The molecule has 2 rings (SSSR count). The van der Waals surface area contributed by atoms with E-state index in [4.69, 9.17) is 4.74 Å². The first-order chi connectivity index (χ1) is 12.0. The Morgan fingerprint density at radius 2 is 1.96 bits per heavy atom. The topological polar surface area (TPSA) is 81.7 Å². The summed E-state index contributed by atoms with van der Waals surface area (Å²) in [7, 11) is 1.25. The number of ether oxygens (including phenoxy) is 2. The number of thiophene rings is 1. The van der Waals surface area contributed by atoms with Gasteiger partial charge in [-0.2, -0.15) is 0 Å². The van der Waals surface area contributed by atoms with Gasteiger partial charge in [-0.15, -0.1) is 11.3 Å². The first-order valence-corrected chi connectivity index (χ1v) is 8.25. The van der Waals surface area contributed by atoms with Crippen molar-refractivity contribution in [3.8, 4) is 0 Å². The first kappa shape index (κ1) is 18.4. The van der Waals surface area contributed by atoms with Gasteiger partial charge in [-0.1, -0.05) is 12.1 Å². The van der Waals surface area contributed by atoms with E-state index in [0.29, 0.717) is 5.69 Å². The molecule has 0 fully saturated rings. The number of rotatable bonds is 6. The van der Waals surface area contributed by atoms with Gasteiger partial charge in [0.25, 0.3) is 5.91 Å². The van der Waals surface area contributed by atoms with E-state index in [1.54, 1.807) is 24.3 Å². The standard InChI is InChI=1S/C18H17NO5S/c1-12-9-10-25-15(12)7-8-17(21)24-11-16(20)19-14-6-4-3-5-13(14)18(22)23-2/h3-10H,11H2,1-2H3,(H,19,20)/b8-7+. The Labute approximate surface area is 149 Å². The van der Waals surface area contributed by atoms with Crippen molar-refractivity contribution in [2.24, 2.45) is 0 Å². The van der Waals surface area contributed by atoms with Gasteiger partial charge < -0.3 is 14.8 Å². The van der Waals surface area contributed by atoms with Crippen LogP contribution >= 0.6 is 11.3 Å². The summed E-state index contributed by atoms with van der Waals surface area (Å²) in [5.74, 6) is -1.74. The SMILES string of the molecule is COC(=O)c1ccccc1NC(=O)COC(=O)/C=C/c1sccc1C. The van der Waals surface area contributed by atoms with Crippen LogP contribution in [-0.2, 0) is 19.1 Å². The number of para-hydroxylation sites is 1. The second-order valence-electron chi connectivity index (χ2n) is 4.99. The Morgan fingerprint density at radius 3 is 2.64 bits per heavy atom. The number of hydrogen-bond donors (Lipinski definition) is 1. The minimum absolute atomic E-state index is 0.220. The maximum absolute atomic E-state index is 11.9. The second kappa shape index (κ2) is 8.79. The Balaban J connectivity index is 1.89. The lowest BCUT2D eigenvalue weighted by Gasteiger charge is -2.09. The van der Waals surface area contributed by atoms with Gasteiger partial charge in [-0.05, 0) is 42.1 Å². The Bertz CT molecular complexity index is 809. The molecule has 0 unspecified atom stereocenters. The normalized spacial score (nSPS) is 10.5. The van der Waals surface area contributed by atoms with E-state index in [-0.39, 0.29) is 5.56 Å². The van der Waals surface area contributed by atoms with Crippen LogP contribution in [-0.4, -0.2) is 31.6 Å². The number of carbonyl (C=O) groups is 3. The van der Waals surface area contributed by atoms with E-state index < -0.39 is 24.5 Å². The molecule has 1 aromatic heterocycles. The van der Waals surface area contributed by atoms with Crippen LogP contribution in [0.4, 0.5) is 5.69 Å². The molecular formula is C18H17NO5S. The van der Waals surface area contributed by atoms with Crippen molar-refractivity contribution in [3.05, 3.63) is 57.8 Å². The third kappa shape index (κ3) is 5.29. The van der Waals surface area contributed by atoms with Crippen LogP contribution in [0.5, 0.6) is 0 Å². The number of aryl methyl sites for hydroxylation is 1. The molecule has 0 aliphatic heterocycles. The first-order valence-electron chi connectivity index (χ1n) is 7.37. The van der Waals surface area contributed by atoms with Crippen molar-refractivity contribution >= 4 is 40.9 Å². The van der Waals surface area contributed by atoms with Crippen LogP contribution in [0.3, 0.4) is 0 Å². The van der Waals surface area contributed by atoms with Crippen molar-refractivity contribution in [1.82, 2.24) is 0 Å². The van der Waals surface area contributed by atoms with E-state index in [2.05, 4.69) is 10.1 Å². The fourth-order valence-corrected chi connectivity index (χ4v) is 2.77. The largest absolute Gasteiger partial charge is 0.465 e. The summed E-state index contributed by atoms with van der Waals surface area (Å²) in [6, 6.07) is 8.35. The number of hydrogen-bond acceptors (Lipinski definition) is 6. The molecule has 130 valence electrons. The minimum Gasteiger partial charge on any atom is -0.465 e. The molecule has 0 bridgehead atoms. The highest BCUT2D eigenvalue weighted by molar-refractivity contribution is 7.11. The fourth-order valence-electron chi connectivity index (χ4n) is 1.95. The van der Waals surface area contributed by atoms with Crippen molar-refractivity contribution in [3.63, 3.8) is 0 Å². The predicted octanol–water partition coefficient (Wildman–Crippen LogP) is 3.04. The molecule has 0 saturated heterocycles. The van der Waals surface area contributed by atoms with E-state index in [9.17, 15) is 14.4 Å². The lowest BCUT2D eigenvalue weighted by molar-refractivity contribution is -0.142. The van der Waals surface area contributed by atoms with Gasteiger partial charge in [0, 0.05) is 11.0 Å². The summed E-state index contributed by atoms with van der Waals surface area (Å²) < 4.78 is 9.54. The van der Waals surface area contributed by atoms with Gasteiger partial charge in [0.1, 0.15) is 0 Å². The average Bonchev–Trinajstić information content (AvgIpc) is 3.03. The monoisotopic (exact) mass is 359 g/mol. The lowest BCUT2D eigenvalue weighted by atomic mass is 10.2. The Kier molecular flexibility index (Phi) is 6.47. The molecule has 6 nitrogen and oxygen atoms in total. The number of methoxy groups -OCH3 is 1. The lowest BCUT2D eigenvalue weighted by Crippen LogP contribution is -2.21. The second-order valence-corrected chi connectivity index (χ2v) is 5.94. The maximum atomic E-state index is 11.9. The molecule has 2 aromatic rings. The molecule has 1 N–H and O–H groups in total. The Hall–Kier alpha value is -2.93. The van der Waals surface area contributed by atoms with Crippen molar-refractivity contribution in [1.29, 1.82) is 0 Å². The maximum Gasteiger partial charge on any atom is 0.339 e. The van der Waals surface area contributed by atoms with Crippen molar-refractivity contribution in [2.45, 2.75) is 6.92 Å². The van der Waals surface area contributed by atoms with Gasteiger partial charge in [0.05, 0.1) is 18.4 Å². The summed E-state index contributed by atoms with van der Waals surface area (Å²) in [4.78, 5) is 36.2. The quantitative estimate of drug-likeness (QED) is 0.633. The highest BCUT2D eigenvalue weighted by atomic mass is 32.1. The van der Waals surface area contributed by atoms with Crippen LogP contribution in [0.15, 0.2) is 41.8 Å². The number of benzene rings is 1. The molecule has 0 saturated carbocycles. The molecule has 7 heteroatoms. The third-order valence-corrected chi connectivity index (χ3v) is 4.21. The molecule has 0 atom stereocenters. The summed E-state index contributed by atoms with van der Waals surface area (Å²) in [6.45, 7) is 1.48. The van der Waals surface area contributed by atoms with E-state index >= 15 is 0 Å². The summed E-state index contributed by atoms with van der Waals surface area (Å²) >= 11 is 1.51. The Morgan fingerprint density at radius 1 is 1.20 bits per heavy atom. The van der Waals surface area contributed by atoms with Gasteiger partial charge in [0.15, 0.2) is 6.61 Å². The smallest absolute Gasteiger partial charge is 0.339 e. The van der Waals surface area contributed by atoms with Crippen LogP contribution < -0.4 is 5.32 Å². The van der Waals surface area contributed by atoms with Gasteiger partial charge >= 0.3 is 11.9 Å². The van der Waals surface area contributed by atoms with E-state index in [1.807, 2.05) is 18.4 Å². The minimum atomic E-state index is -0.621. The molecule has 0 aliphatic rings. The molecule has 1 aromatic carbocycles. The number of amides is 1. The zero-order chi connectivity index (χ0) is 18.2. The van der Waals surface area contributed by atoms with Crippen molar-refractivity contribution < 1.29 is 23.9 Å². The van der Waals surface area contributed by atoms with Crippen molar-refractivity contribution in [2.75, 3.05) is 19.0 Å². The zero-order valence-corrected chi connectivity index (χ0v) is 14.6. The molecule has 25 heavy (non-hydrogen) atoms. The van der Waals surface area contributed by atoms with Crippen LogP contribution in [0.1, 0.15) is 20.8 Å². The molecule has 1 heterocycles. The van der Waals surface area contributed by atoms with E-state index in [0.717, 1.165) is 10.4 Å². The highest BCUT2D eigenvalue weighted by Crippen LogP contribution is 2.17. The molecule has 0 aliphatic carbocycles. The van der Waals surface area contributed by atoms with Gasteiger partial charge in [-0.25, -0.2) is 9.59 Å². The van der Waals surface area contributed by atoms with Crippen LogP contribution in [0, 0.1) is 6.92 Å². The highest BCUT2D eigenvalue weighted by Gasteiger charge is 2.13. The average molecular weight is 359 g/mol. The third-order valence-electron chi connectivity index (χ3n) is 3.22. The van der Waals surface area contributed by atoms with E-state index in [1.165, 1.54) is 30.6 Å². The fraction of sp³-hybridized carbons (Fsp3) is 0.167.